The van der Waals surface area contributed by atoms with E-state index in [1.54, 1.807) is 7.11 Å². The summed E-state index contributed by atoms with van der Waals surface area (Å²) in [6, 6.07) is 9.89. The van der Waals surface area contributed by atoms with Gasteiger partial charge in [-0.05, 0) is 31.9 Å². The lowest BCUT2D eigenvalue weighted by molar-refractivity contribution is -0.118. The summed E-state index contributed by atoms with van der Waals surface area (Å²) in [7, 11) is 1.60. The Bertz CT molecular complexity index is 1000. The second-order valence-corrected chi connectivity index (χ2v) is 8.81. The Labute approximate surface area is 183 Å². The molecule has 6 nitrogen and oxygen atoms in total. The van der Waals surface area contributed by atoms with E-state index in [0.717, 1.165) is 54.4 Å². The van der Waals surface area contributed by atoms with Gasteiger partial charge in [0.1, 0.15) is 11.6 Å². The summed E-state index contributed by atoms with van der Waals surface area (Å²) in [6.45, 7) is 3.97. The molecule has 1 aromatic carbocycles. The van der Waals surface area contributed by atoms with Crippen LogP contribution >= 0.6 is 12.6 Å². The fraction of sp³-hybridized carbons (Fsp3) is 0.478. The van der Waals surface area contributed by atoms with E-state index in [0.29, 0.717) is 30.3 Å². The molecule has 160 valence electrons. The van der Waals surface area contributed by atoms with Crippen molar-refractivity contribution in [3.05, 3.63) is 36.2 Å². The van der Waals surface area contributed by atoms with Gasteiger partial charge >= 0.3 is 0 Å². The number of hydrogen-bond acceptors (Lipinski definition) is 6. The predicted octanol–water partition coefficient (Wildman–Crippen LogP) is 5.49. The second-order valence-electron chi connectivity index (χ2n) is 7.83. The number of H-pyrrole nitrogens is 1. The average Bonchev–Trinajstić information content (AvgIpc) is 3.26. The van der Waals surface area contributed by atoms with E-state index in [9.17, 15) is 4.79 Å². The maximum Gasteiger partial charge on any atom is 0.225 e. The summed E-state index contributed by atoms with van der Waals surface area (Å²) in [5.41, 5.74) is 1.62. The fourth-order valence-corrected chi connectivity index (χ4v) is 3.74. The van der Waals surface area contributed by atoms with Crippen molar-refractivity contribution >= 4 is 29.3 Å². The van der Waals surface area contributed by atoms with Crippen molar-refractivity contribution in [2.24, 2.45) is 0 Å². The molecule has 0 aliphatic carbocycles. The summed E-state index contributed by atoms with van der Waals surface area (Å²) in [5.74, 6) is 2.14. The number of pyridine rings is 1. The Kier molecular flexibility index (Phi) is 7.48. The summed E-state index contributed by atoms with van der Waals surface area (Å²) in [4.78, 5) is 20.7. The van der Waals surface area contributed by atoms with Gasteiger partial charge in [0.25, 0.3) is 0 Å². The number of carbonyl (C=O) groups excluding carboxylic acids is 1. The van der Waals surface area contributed by atoms with Gasteiger partial charge < -0.3 is 4.74 Å². The predicted molar refractivity (Wildman–Crippen MR) is 123 cm³/mol. The van der Waals surface area contributed by atoms with Crippen molar-refractivity contribution in [3.63, 3.8) is 0 Å². The number of unbranched alkanes of at least 4 members (excludes halogenated alkanes) is 3. The van der Waals surface area contributed by atoms with Crippen LogP contribution in [0.25, 0.3) is 22.3 Å². The van der Waals surface area contributed by atoms with Gasteiger partial charge in [0.2, 0.25) is 5.88 Å². The molecule has 0 saturated carbocycles. The average molecular weight is 427 g/mol. The maximum atomic E-state index is 11.4. The minimum atomic E-state index is -0.415. The molecule has 0 aliphatic heterocycles. The number of rotatable bonds is 11. The Morgan fingerprint density at radius 2 is 1.93 bits per heavy atom. The quantitative estimate of drug-likeness (QED) is 0.313. The van der Waals surface area contributed by atoms with Gasteiger partial charge in [-0.3, -0.25) is 9.89 Å². The summed E-state index contributed by atoms with van der Waals surface area (Å²) >= 11 is 4.85. The monoisotopic (exact) mass is 426 g/mol. The minimum Gasteiger partial charge on any atom is -0.480 e. The fourth-order valence-electron chi connectivity index (χ4n) is 3.48. The standard InChI is InChI=1S/C23H30N4O2S/c1-4-17(28)12-7-5-6-10-14-23(2,30)22-25-20(26-27-22)18-15-16-11-8-9-13-19(16)24-21(18)29-3/h8-9,11,13,15,30H,4-7,10,12,14H2,1-3H3,(H,25,26,27). The molecule has 0 spiro atoms. The number of nitrogens with zero attached hydrogens (tertiary/aromatic N) is 3. The minimum absolute atomic E-state index is 0.349. The van der Waals surface area contributed by atoms with Crippen molar-refractivity contribution in [1.82, 2.24) is 20.2 Å². The van der Waals surface area contributed by atoms with Crippen molar-refractivity contribution in [2.45, 2.75) is 63.5 Å². The summed E-state index contributed by atoms with van der Waals surface area (Å²) in [6.07, 6.45) is 6.35. The Hall–Kier alpha value is -2.41. The molecule has 2 heterocycles. The van der Waals surface area contributed by atoms with Crippen LogP contribution in [0.4, 0.5) is 0 Å². The summed E-state index contributed by atoms with van der Waals surface area (Å²) in [5, 5.41) is 8.47. The number of para-hydroxylation sites is 1. The lowest BCUT2D eigenvalue weighted by atomic mass is 10.00. The zero-order valence-electron chi connectivity index (χ0n) is 17.9. The van der Waals surface area contributed by atoms with Crippen LogP contribution in [0, 0.1) is 0 Å². The Morgan fingerprint density at radius 1 is 1.17 bits per heavy atom. The molecule has 7 heteroatoms. The number of aromatic nitrogens is 4. The van der Waals surface area contributed by atoms with Gasteiger partial charge in [0, 0.05) is 18.2 Å². The number of fused-ring (bicyclic) bond motifs is 1. The van der Waals surface area contributed by atoms with Crippen LogP contribution in [-0.4, -0.2) is 33.1 Å². The molecule has 2 aromatic heterocycles. The first kappa shape index (κ1) is 22.3. The van der Waals surface area contributed by atoms with Crippen LogP contribution in [-0.2, 0) is 9.54 Å². The maximum absolute atomic E-state index is 11.4. The van der Waals surface area contributed by atoms with Crippen LogP contribution in [0.5, 0.6) is 5.88 Å². The SMILES string of the molecule is CCC(=O)CCCCCCC(C)(S)c1nc(-c2cc3ccccc3nc2OC)n[nH]1. The molecule has 3 aromatic rings. The van der Waals surface area contributed by atoms with Gasteiger partial charge in [0.15, 0.2) is 5.82 Å². The van der Waals surface area contributed by atoms with Crippen LogP contribution in [0.1, 0.15) is 64.6 Å². The zero-order chi connectivity index (χ0) is 21.6. The van der Waals surface area contributed by atoms with E-state index in [1.807, 2.05) is 37.3 Å². The van der Waals surface area contributed by atoms with Crippen LogP contribution in [0.3, 0.4) is 0 Å². The first-order valence-corrected chi connectivity index (χ1v) is 11.0. The Balaban J connectivity index is 1.66. The molecule has 0 radical (unpaired) electrons. The first-order chi connectivity index (χ1) is 14.4. The molecule has 0 fully saturated rings. The van der Waals surface area contributed by atoms with E-state index in [-0.39, 0.29) is 0 Å². The van der Waals surface area contributed by atoms with Gasteiger partial charge in [-0.2, -0.15) is 17.7 Å². The number of methoxy groups -OCH3 is 1. The highest BCUT2D eigenvalue weighted by atomic mass is 32.1. The smallest absolute Gasteiger partial charge is 0.225 e. The number of aromatic amines is 1. The number of carbonyl (C=O) groups is 1. The number of ether oxygens (including phenoxy) is 1. The molecule has 0 amide bonds. The molecule has 1 N–H and O–H groups in total. The van der Waals surface area contributed by atoms with Crippen molar-refractivity contribution < 1.29 is 9.53 Å². The molecular formula is C23H30N4O2S. The third kappa shape index (κ3) is 5.39. The number of nitrogens with one attached hydrogen (secondary N) is 1. The zero-order valence-corrected chi connectivity index (χ0v) is 18.8. The van der Waals surface area contributed by atoms with E-state index in [1.165, 1.54) is 0 Å². The third-order valence-electron chi connectivity index (χ3n) is 5.38. The highest BCUT2D eigenvalue weighted by Crippen LogP contribution is 2.34. The number of hydrogen-bond donors (Lipinski definition) is 2. The number of thiol groups is 1. The molecular weight excluding hydrogens is 396 g/mol. The number of Topliss-reactive ketones (excluding diaryl/α,β-unsaturated/α-hetero) is 1. The van der Waals surface area contributed by atoms with Crippen LogP contribution < -0.4 is 4.74 Å². The number of ketones is 1. The van der Waals surface area contributed by atoms with Gasteiger partial charge in [-0.1, -0.05) is 44.4 Å². The van der Waals surface area contributed by atoms with E-state index in [2.05, 4.69) is 22.1 Å². The second kappa shape index (κ2) is 10.1. The topological polar surface area (TPSA) is 80.8 Å². The van der Waals surface area contributed by atoms with E-state index in [4.69, 9.17) is 22.3 Å². The van der Waals surface area contributed by atoms with Crippen molar-refractivity contribution in [1.29, 1.82) is 0 Å². The van der Waals surface area contributed by atoms with E-state index >= 15 is 0 Å². The van der Waals surface area contributed by atoms with Gasteiger partial charge in [0.05, 0.1) is 22.9 Å². The van der Waals surface area contributed by atoms with Crippen LogP contribution in [0.2, 0.25) is 0 Å². The van der Waals surface area contributed by atoms with Crippen molar-refractivity contribution in [3.8, 4) is 17.3 Å². The molecule has 0 aliphatic rings. The van der Waals surface area contributed by atoms with E-state index < -0.39 is 4.75 Å². The highest BCUT2D eigenvalue weighted by Gasteiger charge is 2.26. The van der Waals surface area contributed by atoms with Gasteiger partial charge in [-0.25, -0.2) is 9.97 Å². The number of benzene rings is 1. The third-order valence-corrected chi connectivity index (χ3v) is 5.82. The lowest BCUT2D eigenvalue weighted by Gasteiger charge is -2.20. The normalized spacial score (nSPS) is 13.3. The molecule has 1 unspecified atom stereocenters. The lowest BCUT2D eigenvalue weighted by Crippen LogP contribution is -2.16. The molecule has 0 saturated heterocycles. The highest BCUT2D eigenvalue weighted by molar-refractivity contribution is 7.81. The summed E-state index contributed by atoms with van der Waals surface area (Å²) < 4.78 is 5.07. The molecule has 0 bridgehead atoms. The first-order valence-electron chi connectivity index (χ1n) is 10.6. The largest absolute Gasteiger partial charge is 0.480 e. The van der Waals surface area contributed by atoms with Crippen LogP contribution in [0.15, 0.2) is 30.3 Å². The molecule has 30 heavy (non-hydrogen) atoms. The molecule has 1 atom stereocenters. The molecule has 3 rings (SSSR count). The van der Waals surface area contributed by atoms with Gasteiger partial charge in [-0.15, -0.1) is 0 Å². The van der Waals surface area contributed by atoms with Crippen molar-refractivity contribution in [2.75, 3.05) is 7.11 Å². The Morgan fingerprint density at radius 3 is 2.70 bits per heavy atom.